The lowest BCUT2D eigenvalue weighted by Gasteiger charge is -2.17. The van der Waals surface area contributed by atoms with E-state index in [4.69, 9.17) is 24.5 Å². The van der Waals surface area contributed by atoms with E-state index in [9.17, 15) is 9.59 Å². The molecule has 9 nitrogen and oxygen atoms in total. The number of rotatable bonds is 6. The van der Waals surface area contributed by atoms with Crippen LogP contribution >= 0.6 is 0 Å². The average molecular weight is 392 g/mol. The Morgan fingerprint density at radius 3 is 2.25 bits per heavy atom. The number of nitrogens with zero attached hydrogens (tertiary/aromatic N) is 1. The summed E-state index contributed by atoms with van der Waals surface area (Å²) in [6.45, 7) is 7.58. The molecule has 152 valence electrons. The smallest absolute Gasteiger partial charge is 0.414 e. The van der Waals surface area contributed by atoms with Crippen LogP contribution in [0.1, 0.15) is 47.4 Å². The Labute approximate surface area is 162 Å². The molecule has 0 radical (unpaired) electrons. The number of carbonyl (C=O) groups is 4. The molecule has 1 amide bonds. The minimum Gasteiger partial charge on any atom is -0.478 e. The molecule has 1 spiro atoms. The van der Waals surface area contributed by atoms with Crippen molar-refractivity contribution in [3.8, 4) is 5.75 Å². The zero-order valence-corrected chi connectivity index (χ0v) is 15.9. The SMILES string of the molecule is CCN(CC)CCNC(=O)c1ccc2c(c1)C(=O)C1(CC1)O2.O=C(O)C(=O)O. The van der Waals surface area contributed by atoms with Crippen molar-refractivity contribution < 1.29 is 34.1 Å². The van der Waals surface area contributed by atoms with Gasteiger partial charge in [0.05, 0.1) is 5.56 Å². The molecule has 28 heavy (non-hydrogen) atoms. The maximum absolute atomic E-state index is 12.3. The van der Waals surface area contributed by atoms with Crippen LogP contribution in [0.5, 0.6) is 5.75 Å². The lowest BCUT2D eigenvalue weighted by molar-refractivity contribution is -0.159. The minimum absolute atomic E-state index is 0.0280. The van der Waals surface area contributed by atoms with Crippen LogP contribution in [-0.2, 0) is 9.59 Å². The summed E-state index contributed by atoms with van der Waals surface area (Å²) in [5.41, 5.74) is 0.474. The van der Waals surface area contributed by atoms with Crippen LogP contribution in [0.25, 0.3) is 0 Å². The molecule has 0 saturated heterocycles. The Kier molecular flexibility index (Phi) is 6.74. The Balaban J connectivity index is 0.000000409. The summed E-state index contributed by atoms with van der Waals surface area (Å²) in [7, 11) is 0. The zero-order valence-electron chi connectivity index (χ0n) is 15.9. The fourth-order valence-corrected chi connectivity index (χ4v) is 2.85. The van der Waals surface area contributed by atoms with Gasteiger partial charge in [-0.05, 0) is 44.1 Å². The number of nitrogens with one attached hydrogen (secondary N) is 1. The van der Waals surface area contributed by atoms with E-state index in [0.717, 1.165) is 32.5 Å². The molecule has 0 unspecified atom stereocenters. The third kappa shape index (κ3) is 4.86. The van der Waals surface area contributed by atoms with Gasteiger partial charge in [-0.1, -0.05) is 13.8 Å². The third-order valence-electron chi connectivity index (χ3n) is 4.70. The molecule has 3 rings (SSSR count). The van der Waals surface area contributed by atoms with Crippen LogP contribution in [-0.4, -0.2) is 70.5 Å². The van der Waals surface area contributed by atoms with Crippen molar-refractivity contribution in [3.63, 3.8) is 0 Å². The highest BCUT2D eigenvalue weighted by atomic mass is 16.5. The number of aliphatic carboxylic acids is 2. The number of ether oxygens (including phenoxy) is 1. The monoisotopic (exact) mass is 392 g/mol. The number of likely N-dealkylation sites (N-methyl/N-ethyl adjacent to an activating group) is 1. The molecule has 1 aliphatic carbocycles. The first-order chi connectivity index (χ1) is 13.2. The number of amides is 1. The second-order valence-electron chi connectivity index (χ2n) is 6.53. The van der Waals surface area contributed by atoms with Gasteiger partial charge in [-0.2, -0.15) is 0 Å². The number of benzene rings is 1. The second kappa shape index (κ2) is 8.83. The normalized spacial score (nSPS) is 15.3. The lowest BCUT2D eigenvalue weighted by atomic mass is 10.0. The number of hydrogen-bond acceptors (Lipinski definition) is 6. The first-order valence-corrected chi connectivity index (χ1v) is 9.08. The van der Waals surface area contributed by atoms with E-state index >= 15 is 0 Å². The van der Waals surface area contributed by atoms with E-state index in [1.807, 2.05) is 0 Å². The first-order valence-electron chi connectivity index (χ1n) is 9.08. The highest BCUT2D eigenvalue weighted by molar-refractivity contribution is 6.27. The first kappa shape index (κ1) is 21.4. The molecule has 9 heteroatoms. The predicted octanol–water partition coefficient (Wildman–Crippen LogP) is 1.02. The quantitative estimate of drug-likeness (QED) is 0.611. The Hall–Kier alpha value is -2.94. The fraction of sp³-hybridized carbons (Fsp3) is 0.474. The van der Waals surface area contributed by atoms with Gasteiger partial charge in [0, 0.05) is 18.7 Å². The average Bonchev–Trinajstić information content (AvgIpc) is 3.40. The van der Waals surface area contributed by atoms with E-state index < -0.39 is 17.5 Å². The van der Waals surface area contributed by atoms with Gasteiger partial charge in [-0.15, -0.1) is 0 Å². The summed E-state index contributed by atoms with van der Waals surface area (Å²) >= 11 is 0. The van der Waals surface area contributed by atoms with Crippen molar-refractivity contribution in [2.75, 3.05) is 26.2 Å². The van der Waals surface area contributed by atoms with Crippen molar-refractivity contribution in [1.29, 1.82) is 0 Å². The molecule has 1 aliphatic heterocycles. The Morgan fingerprint density at radius 2 is 1.75 bits per heavy atom. The van der Waals surface area contributed by atoms with E-state index in [1.165, 1.54) is 0 Å². The van der Waals surface area contributed by atoms with Gasteiger partial charge in [0.15, 0.2) is 5.60 Å². The van der Waals surface area contributed by atoms with Crippen LogP contribution in [0, 0.1) is 0 Å². The van der Waals surface area contributed by atoms with Gasteiger partial charge < -0.3 is 25.2 Å². The Bertz CT molecular complexity index is 770. The molecule has 0 atom stereocenters. The molecule has 0 bridgehead atoms. The van der Waals surface area contributed by atoms with Crippen LogP contribution in [0.15, 0.2) is 18.2 Å². The van der Waals surface area contributed by atoms with Gasteiger partial charge >= 0.3 is 11.9 Å². The summed E-state index contributed by atoms with van der Waals surface area (Å²) in [6.07, 6.45) is 1.57. The highest BCUT2D eigenvalue weighted by Crippen LogP contribution is 2.49. The molecule has 1 saturated carbocycles. The molecule has 1 aromatic carbocycles. The van der Waals surface area contributed by atoms with E-state index in [1.54, 1.807) is 18.2 Å². The molecule has 1 aromatic rings. The summed E-state index contributed by atoms with van der Waals surface area (Å²) in [6, 6.07) is 5.12. The maximum atomic E-state index is 12.3. The summed E-state index contributed by atoms with van der Waals surface area (Å²) in [4.78, 5) is 44.9. The molecule has 2 aliphatic rings. The van der Waals surface area contributed by atoms with Crippen LogP contribution < -0.4 is 10.1 Å². The lowest BCUT2D eigenvalue weighted by Crippen LogP contribution is -2.34. The van der Waals surface area contributed by atoms with Crippen LogP contribution in [0.2, 0.25) is 0 Å². The van der Waals surface area contributed by atoms with Gasteiger partial charge in [-0.3, -0.25) is 9.59 Å². The predicted molar refractivity (Wildman–Crippen MR) is 98.8 cm³/mol. The zero-order chi connectivity index (χ0) is 20.9. The number of carboxylic acids is 2. The summed E-state index contributed by atoms with van der Waals surface area (Å²) in [5.74, 6) is -3.15. The summed E-state index contributed by atoms with van der Waals surface area (Å²) in [5, 5.41) is 17.7. The van der Waals surface area contributed by atoms with Gasteiger partial charge in [0.2, 0.25) is 5.78 Å². The largest absolute Gasteiger partial charge is 0.478 e. The summed E-state index contributed by atoms with van der Waals surface area (Å²) < 4.78 is 5.71. The van der Waals surface area contributed by atoms with Crippen LogP contribution in [0.3, 0.4) is 0 Å². The van der Waals surface area contributed by atoms with E-state index in [0.29, 0.717) is 23.4 Å². The fourth-order valence-electron chi connectivity index (χ4n) is 2.85. The van der Waals surface area contributed by atoms with Crippen molar-refractivity contribution in [3.05, 3.63) is 29.3 Å². The van der Waals surface area contributed by atoms with Crippen molar-refractivity contribution in [2.24, 2.45) is 0 Å². The molecular formula is C19H24N2O7. The van der Waals surface area contributed by atoms with Crippen molar-refractivity contribution in [1.82, 2.24) is 10.2 Å². The van der Waals surface area contributed by atoms with Gasteiger partial charge in [0.1, 0.15) is 5.75 Å². The third-order valence-corrected chi connectivity index (χ3v) is 4.70. The molecule has 1 fully saturated rings. The molecule has 3 N–H and O–H groups in total. The Morgan fingerprint density at radius 1 is 1.14 bits per heavy atom. The molecule has 1 heterocycles. The van der Waals surface area contributed by atoms with E-state index in [2.05, 4.69) is 24.1 Å². The number of carbonyl (C=O) groups excluding carboxylic acids is 2. The van der Waals surface area contributed by atoms with Gasteiger partial charge in [-0.25, -0.2) is 9.59 Å². The molecule has 0 aromatic heterocycles. The highest BCUT2D eigenvalue weighted by Gasteiger charge is 2.57. The standard InChI is InChI=1S/C17H22N2O3.C2H2O4/c1-3-19(4-2)10-9-18-16(21)12-5-6-14-13(11-12)15(20)17(22-14)7-8-17;3-1(4)2(5)6/h5-6,11H,3-4,7-10H2,1-2H3,(H,18,21);(H,3,4)(H,5,6). The maximum Gasteiger partial charge on any atom is 0.414 e. The van der Waals surface area contributed by atoms with E-state index in [-0.39, 0.29) is 11.7 Å². The second-order valence-corrected chi connectivity index (χ2v) is 6.53. The number of carboxylic acid groups (broad SMARTS) is 2. The number of ketones is 1. The topological polar surface area (TPSA) is 133 Å². The van der Waals surface area contributed by atoms with Crippen LogP contribution in [0.4, 0.5) is 0 Å². The van der Waals surface area contributed by atoms with Crippen molar-refractivity contribution in [2.45, 2.75) is 32.3 Å². The number of hydrogen-bond donors (Lipinski definition) is 3. The molecular weight excluding hydrogens is 368 g/mol. The van der Waals surface area contributed by atoms with Crippen molar-refractivity contribution >= 4 is 23.6 Å². The number of Topliss-reactive ketones (excluding diaryl/α,β-unsaturated/α-hetero) is 1. The minimum atomic E-state index is -1.82. The van der Waals surface area contributed by atoms with Gasteiger partial charge in [0.25, 0.3) is 5.91 Å². The number of fused-ring (bicyclic) bond motifs is 1.